The van der Waals surface area contributed by atoms with Crippen LogP contribution in [0.4, 0.5) is 4.39 Å². The SMILES string of the molecule is CN1C(=O)C(O)C(C)(c2cc(C(N)=O)ccc2F)N=C1N. The van der Waals surface area contributed by atoms with Gasteiger partial charge in [-0.05, 0) is 25.1 Å². The molecule has 7 nitrogen and oxygen atoms in total. The molecule has 2 rings (SSSR count). The van der Waals surface area contributed by atoms with Crippen LogP contribution in [0.25, 0.3) is 0 Å². The first kappa shape index (κ1) is 14.9. The monoisotopic (exact) mass is 294 g/mol. The number of benzene rings is 1. The van der Waals surface area contributed by atoms with E-state index in [0.29, 0.717) is 0 Å². The molecule has 0 aromatic heterocycles. The number of carbonyl (C=O) groups excluding carboxylic acids is 2. The lowest BCUT2D eigenvalue weighted by Crippen LogP contribution is -2.57. The van der Waals surface area contributed by atoms with Crippen molar-refractivity contribution >= 4 is 17.8 Å². The maximum Gasteiger partial charge on any atom is 0.260 e. The molecule has 0 spiro atoms. The molecule has 0 saturated carbocycles. The van der Waals surface area contributed by atoms with Crippen molar-refractivity contribution in [1.29, 1.82) is 0 Å². The van der Waals surface area contributed by atoms with E-state index in [1.807, 2.05) is 0 Å². The molecule has 0 radical (unpaired) electrons. The molecule has 21 heavy (non-hydrogen) atoms. The summed E-state index contributed by atoms with van der Waals surface area (Å²) in [5, 5.41) is 10.2. The highest BCUT2D eigenvalue weighted by Crippen LogP contribution is 2.35. The molecule has 1 heterocycles. The highest BCUT2D eigenvalue weighted by molar-refractivity contribution is 6.01. The third-order valence-electron chi connectivity index (χ3n) is 3.58. The Labute approximate surface area is 120 Å². The number of carbonyl (C=O) groups is 2. The molecule has 2 unspecified atom stereocenters. The topological polar surface area (TPSA) is 122 Å². The largest absolute Gasteiger partial charge is 0.380 e. The first-order chi connectivity index (χ1) is 9.68. The van der Waals surface area contributed by atoms with E-state index < -0.39 is 29.3 Å². The van der Waals surface area contributed by atoms with Gasteiger partial charge in [-0.3, -0.25) is 14.5 Å². The number of aliphatic imine (C=N–C) groups is 1. The van der Waals surface area contributed by atoms with E-state index in [1.54, 1.807) is 0 Å². The number of guanidine groups is 1. The molecule has 1 aromatic carbocycles. The molecular weight excluding hydrogens is 279 g/mol. The minimum Gasteiger partial charge on any atom is -0.380 e. The van der Waals surface area contributed by atoms with Crippen LogP contribution in [0.3, 0.4) is 0 Å². The van der Waals surface area contributed by atoms with Crippen molar-refractivity contribution in [2.45, 2.75) is 18.6 Å². The van der Waals surface area contributed by atoms with Crippen LogP contribution in [-0.4, -0.2) is 40.9 Å². The summed E-state index contributed by atoms with van der Waals surface area (Å²) in [4.78, 5) is 28.2. The van der Waals surface area contributed by atoms with Crippen LogP contribution < -0.4 is 11.5 Å². The fourth-order valence-electron chi connectivity index (χ4n) is 2.18. The second kappa shape index (κ2) is 4.81. The highest BCUT2D eigenvalue weighted by Gasteiger charge is 2.46. The smallest absolute Gasteiger partial charge is 0.260 e. The maximum absolute atomic E-state index is 14.1. The van der Waals surface area contributed by atoms with Gasteiger partial charge in [-0.1, -0.05) is 0 Å². The van der Waals surface area contributed by atoms with E-state index in [4.69, 9.17) is 11.5 Å². The zero-order valence-electron chi connectivity index (χ0n) is 11.5. The van der Waals surface area contributed by atoms with Crippen molar-refractivity contribution in [1.82, 2.24) is 4.90 Å². The Kier molecular flexibility index (Phi) is 3.42. The quantitative estimate of drug-likeness (QED) is 0.666. The van der Waals surface area contributed by atoms with E-state index >= 15 is 0 Å². The number of aliphatic hydroxyl groups excluding tert-OH is 1. The van der Waals surface area contributed by atoms with E-state index in [0.717, 1.165) is 17.0 Å². The summed E-state index contributed by atoms with van der Waals surface area (Å²) in [6.07, 6.45) is -1.63. The second-order valence-electron chi connectivity index (χ2n) is 4.98. The van der Waals surface area contributed by atoms with Crippen molar-refractivity contribution in [3.05, 3.63) is 35.1 Å². The molecule has 5 N–H and O–H groups in total. The lowest BCUT2D eigenvalue weighted by atomic mass is 9.84. The van der Waals surface area contributed by atoms with Crippen LogP contribution in [-0.2, 0) is 10.3 Å². The highest BCUT2D eigenvalue weighted by atomic mass is 19.1. The Morgan fingerprint density at radius 1 is 1.52 bits per heavy atom. The van der Waals surface area contributed by atoms with Gasteiger partial charge in [0, 0.05) is 18.2 Å². The number of likely N-dealkylation sites (N-methyl/N-ethyl adjacent to an activating group) is 1. The van der Waals surface area contributed by atoms with Gasteiger partial charge in [-0.15, -0.1) is 0 Å². The van der Waals surface area contributed by atoms with Gasteiger partial charge >= 0.3 is 0 Å². The van der Waals surface area contributed by atoms with Gasteiger partial charge in [0.05, 0.1) is 0 Å². The van der Waals surface area contributed by atoms with Crippen LogP contribution in [0.2, 0.25) is 0 Å². The van der Waals surface area contributed by atoms with Crippen molar-refractivity contribution in [3.63, 3.8) is 0 Å². The number of nitrogens with zero attached hydrogens (tertiary/aromatic N) is 2. The molecule has 0 aliphatic carbocycles. The van der Waals surface area contributed by atoms with Gasteiger partial charge in [-0.2, -0.15) is 0 Å². The number of amides is 2. The van der Waals surface area contributed by atoms with E-state index in [1.165, 1.54) is 20.0 Å². The molecule has 1 aromatic rings. The number of hydrogen-bond donors (Lipinski definition) is 3. The van der Waals surface area contributed by atoms with Crippen molar-refractivity contribution in [2.75, 3.05) is 7.05 Å². The summed E-state index contributed by atoms with van der Waals surface area (Å²) in [6.45, 7) is 1.36. The molecule has 8 heteroatoms. The zero-order chi connectivity index (χ0) is 15.9. The van der Waals surface area contributed by atoms with Gasteiger partial charge in [0.15, 0.2) is 12.1 Å². The van der Waals surface area contributed by atoms with E-state index in [2.05, 4.69) is 4.99 Å². The van der Waals surface area contributed by atoms with Crippen molar-refractivity contribution in [2.24, 2.45) is 16.5 Å². The Balaban J connectivity index is 2.66. The minimum absolute atomic E-state index is 0.0416. The summed E-state index contributed by atoms with van der Waals surface area (Å²) in [7, 11) is 1.35. The van der Waals surface area contributed by atoms with Crippen LogP contribution in [0, 0.1) is 5.82 Å². The molecular formula is C13H15FN4O3. The second-order valence-corrected chi connectivity index (χ2v) is 4.98. The molecule has 1 aliphatic heterocycles. The lowest BCUT2D eigenvalue weighted by molar-refractivity contribution is -0.140. The third kappa shape index (κ3) is 2.23. The normalized spacial score (nSPS) is 25.7. The molecule has 112 valence electrons. The average Bonchev–Trinajstić information content (AvgIpc) is 2.43. The predicted molar refractivity (Wildman–Crippen MR) is 72.7 cm³/mol. The Bertz CT molecular complexity index is 661. The van der Waals surface area contributed by atoms with Gasteiger partial charge < -0.3 is 16.6 Å². The van der Waals surface area contributed by atoms with Gasteiger partial charge in [0.2, 0.25) is 5.91 Å². The predicted octanol–water partition coefficient (Wildman–Crippen LogP) is -0.713. The Morgan fingerprint density at radius 2 is 2.14 bits per heavy atom. The minimum atomic E-state index is -1.64. The van der Waals surface area contributed by atoms with Gasteiger partial charge in [0.25, 0.3) is 5.91 Å². The standard InChI is InChI=1S/C13H15FN4O3/c1-13(9(19)11(21)18(2)12(16)17-13)7-5-6(10(15)20)3-4-8(7)14/h3-5,9,19H,1-2H3,(H2,15,20)(H2,16,17). The van der Waals surface area contributed by atoms with Crippen LogP contribution in [0.5, 0.6) is 0 Å². The fraction of sp³-hybridized carbons (Fsp3) is 0.308. The van der Waals surface area contributed by atoms with E-state index in [-0.39, 0.29) is 17.1 Å². The van der Waals surface area contributed by atoms with Crippen molar-refractivity contribution in [3.8, 4) is 0 Å². The average molecular weight is 294 g/mol. The lowest BCUT2D eigenvalue weighted by Gasteiger charge is -2.37. The first-order valence-electron chi connectivity index (χ1n) is 6.09. The Morgan fingerprint density at radius 3 is 2.71 bits per heavy atom. The van der Waals surface area contributed by atoms with Crippen molar-refractivity contribution < 1.29 is 19.1 Å². The number of hydrogen-bond acceptors (Lipinski definition) is 5. The summed E-state index contributed by atoms with van der Waals surface area (Å²) < 4.78 is 14.1. The van der Waals surface area contributed by atoms with Crippen LogP contribution in [0.15, 0.2) is 23.2 Å². The molecule has 2 amide bonds. The van der Waals surface area contributed by atoms with Gasteiger partial charge in [-0.25, -0.2) is 9.38 Å². The number of aliphatic hydroxyl groups is 1. The molecule has 0 bridgehead atoms. The Hall–Kier alpha value is -2.48. The summed E-state index contributed by atoms with van der Waals surface area (Å²) in [6, 6.07) is 3.40. The fourth-order valence-corrected chi connectivity index (χ4v) is 2.18. The van der Waals surface area contributed by atoms with Crippen LogP contribution in [0.1, 0.15) is 22.8 Å². The molecule has 2 atom stereocenters. The number of nitrogens with two attached hydrogens (primary N) is 2. The van der Waals surface area contributed by atoms with E-state index in [9.17, 15) is 19.1 Å². The van der Waals surface area contributed by atoms with Crippen LogP contribution >= 0.6 is 0 Å². The third-order valence-corrected chi connectivity index (χ3v) is 3.58. The molecule has 0 fully saturated rings. The molecule has 0 saturated heterocycles. The zero-order valence-corrected chi connectivity index (χ0v) is 11.5. The number of primary amides is 1. The summed E-state index contributed by atoms with van der Waals surface area (Å²) in [5.41, 5.74) is 9.06. The first-order valence-corrected chi connectivity index (χ1v) is 6.09. The van der Waals surface area contributed by atoms with Gasteiger partial charge in [0.1, 0.15) is 11.4 Å². The maximum atomic E-state index is 14.1. The number of rotatable bonds is 2. The molecule has 1 aliphatic rings. The number of halogens is 1. The summed E-state index contributed by atoms with van der Waals surface area (Å²) in [5.74, 6) is -2.36. The summed E-state index contributed by atoms with van der Waals surface area (Å²) >= 11 is 0.